The van der Waals surface area contributed by atoms with Gasteiger partial charge in [-0.25, -0.2) is 4.79 Å². The number of rotatable bonds is 17. The van der Waals surface area contributed by atoms with E-state index in [4.69, 9.17) is 23.7 Å². The summed E-state index contributed by atoms with van der Waals surface area (Å²) in [5, 5.41) is 0. The highest BCUT2D eigenvalue weighted by Gasteiger charge is 2.15. The lowest BCUT2D eigenvalue weighted by molar-refractivity contribution is -0.162. The van der Waals surface area contributed by atoms with Gasteiger partial charge in [-0.1, -0.05) is 43.2 Å². The molecular weight excluding hydrogens is 496 g/mol. The molecule has 0 N–H and O–H groups in total. The summed E-state index contributed by atoms with van der Waals surface area (Å²) in [7, 11) is 2.81. The first-order valence-electron chi connectivity index (χ1n) is 14.3. The van der Waals surface area contributed by atoms with Crippen LogP contribution in [0.3, 0.4) is 0 Å². The Morgan fingerprint density at radius 3 is 2.41 bits per heavy atom. The lowest BCUT2D eigenvalue weighted by Crippen LogP contribution is -2.22. The zero-order chi connectivity index (χ0) is 27.7. The Labute approximate surface area is 233 Å². The fraction of sp³-hybridized carbons (Fsp3) is 0.562. The maximum atomic E-state index is 12.0. The van der Waals surface area contributed by atoms with E-state index >= 15 is 0 Å². The second-order valence-corrected chi connectivity index (χ2v) is 9.90. The smallest absolute Gasteiger partial charge is 0.338 e. The molecule has 2 aromatic carbocycles. The van der Waals surface area contributed by atoms with Crippen LogP contribution in [0.1, 0.15) is 84.8 Å². The minimum absolute atomic E-state index is 0.0125. The number of esters is 2. The van der Waals surface area contributed by atoms with Crippen LogP contribution in [0.25, 0.3) is 0 Å². The number of carbonyl (C=O) groups excluding carboxylic acids is 2. The molecule has 2 aromatic rings. The Balaban J connectivity index is 1.49. The molecule has 0 aromatic heterocycles. The van der Waals surface area contributed by atoms with Crippen molar-refractivity contribution >= 4 is 11.9 Å². The van der Waals surface area contributed by atoms with Crippen LogP contribution >= 0.6 is 0 Å². The molecule has 0 aliphatic carbocycles. The number of ether oxygens (including phenoxy) is 5. The molecule has 1 aliphatic heterocycles. The molecule has 7 nitrogen and oxygen atoms in total. The van der Waals surface area contributed by atoms with Crippen molar-refractivity contribution in [2.45, 2.75) is 83.3 Å². The van der Waals surface area contributed by atoms with Gasteiger partial charge >= 0.3 is 11.9 Å². The SMILES string of the molecule is COC(=O)CCc1c(CCCCCCOC2CCCCO2)cccc1OCCCc1ccccc1C(=O)OC. The van der Waals surface area contributed by atoms with E-state index in [2.05, 4.69) is 6.07 Å². The average molecular weight is 541 g/mol. The molecule has 214 valence electrons. The summed E-state index contributed by atoms with van der Waals surface area (Å²) in [5.74, 6) is 0.269. The van der Waals surface area contributed by atoms with Gasteiger partial charge in [-0.05, 0) is 86.6 Å². The van der Waals surface area contributed by atoms with Gasteiger partial charge in [0.05, 0.1) is 26.4 Å². The standard InChI is InChI=1S/C32H44O7/c1-35-30(33)21-20-27-25(13-5-3-4-9-22-38-31-19-8-10-23-39-31)15-11-18-29(27)37-24-12-16-26-14-6-7-17-28(26)32(34)36-2/h6-7,11,14-15,17-18,31H,3-5,8-10,12-13,16,19-24H2,1-2H3. The van der Waals surface area contributed by atoms with Gasteiger partial charge in [0, 0.05) is 19.6 Å². The first-order chi connectivity index (χ1) is 19.1. The number of hydrogen-bond donors (Lipinski definition) is 0. The molecular formula is C32H44O7. The molecule has 1 unspecified atom stereocenters. The first-order valence-corrected chi connectivity index (χ1v) is 14.3. The number of aryl methyl sites for hydroxylation is 2. The Kier molecular flexibility index (Phi) is 13.9. The van der Waals surface area contributed by atoms with E-state index in [-0.39, 0.29) is 18.2 Å². The average Bonchev–Trinajstić information content (AvgIpc) is 2.98. The highest BCUT2D eigenvalue weighted by Crippen LogP contribution is 2.27. The molecule has 39 heavy (non-hydrogen) atoms. The first kappa shape index (κ1) is 30.6. The van der Waals surface area contributed by atoms with Crippen LogP contribution in [-0.2, 0) is 43.0 Å². The lowest BCUT2D eigenvalue weighted by atomic mass is 9.96. The predicted molar refractivity (Wildman–Crippen MR) is 150 cm³/mol. The third kappa shape index (κ3) is 10.6. The van der Waals surface area contributed by atoms with Crippen LogP contribution in [0.4, 0.5) is 0 Å². The van der Waals surface area contributed by atoms with E-state index < -0.39 is 0 Å². The lowest BCUT2D eigenvalue weighted by Gasteiger charge is -2.22. The summed E-state index contributed by atoms with van der Waals surface area (Å²) < 4.78 is 27.5. The summed E-state index contributed by atoms with van der Waals surface area (Å²) in [4.78, 5) is 23.9. The molecule has 0 saturated carbocycles. The van der Waals surface area contributed by atoms with Gasteiger partial charge in [-0.3, -0.25) is 4.79 Å². The molecule has 0 spiro atoms. The molecule has 0 amide bonds. The van der Waals surface area contributed by atoms with E-state index in [0.29, 0.717) is 31.4 Å². The normalized spacial score (nSPS) is 15.1. The van der Waals surface area contributed by atoms with E-state index in [1.165, 1.54) is 26.2 Å². The molecule has 7 heteroatoms. The van der Waals surface area contributed by atoms with Gasteiger partial charge in [0.15, 0.2) is 6.29 Å². The Bertz CT molecular complexity index is 1010. The highest BCUT2D eigenvalue weighted by molar-refractivity contribution is 5.90. The third-order valence-corrected chi connectivity index (χ3v) is 7.09. The van der Waals surface area contributed by atoms with Crippen LogP contribution in [0.15, 0.2) is 42.5 Å². The zero-order valence-corrected chi connectivity index (χ0v) is 23.6. The predicted octanol–water partition coefficient (Wildman–Crippen LogP) is 6.24. The quantitative estimate of drug-likeness (QED) is 0.174. The molecule has 1 heterocycles. The van der Waals surface area contributed by atoms with Crippen molar-refractivity contribution in [2.24, 2.45) is 0 Å². The van der Waals surface area contributed by atoms with Crippen LogP contribution < -0.4 is 4.74 Å². The summed E-state index contributed by atoms with van der Waals surface area (Å²) in [6.45, 7) is 2.08. The Morgan fingerprint density at radius 1 is 0.821 bits per heavy atom. The molecule has 1 fully saturated rings. The van der Waals surface area contributed by atoms with Gasteiger partial charge in [-0.2, -0.15) is 0 Å². The van der Waals surface area contributed by atoms with Crippen molar-refractivity contribution in [3.8, 4) is 5.75 Å². The van der Waals surface area contributed by atoms with Crippen LogP contribution in [0.2, 0.25) is 0 Å². The fourth-order valence-electron chi connectivity index (χ4n) is 4.91. The molecule has 3 rings (SSSR count). The van der Waals surface area contributed by atoms with E-state index in [9.17, 15) is 9.59 Å². The number of hydrogen-bond acceptors (Lipinski definition) is 7. The maximum Gasteiger partial charge on any atom is 0.338 e. The monoisotopic (exact) mass is 540 g/mol. The van der Waals surface area contributed by atoms with Crippen molar-refractivity contribution < 1.29 is 33.3 Å². The second-order valence-electron chi connectivity index (χ2n) is 9.90. The summed E-state index contributed by atoms with van der Waals surface area (Å²) in [6.07, 6.45) is 11.0. The maximum absolute atomic E-state index is 12.0. The van der Waals surface area contributed by atoms with E-state index in [0.717, 1.165) is 81.5 Å². The van der Waals surface area contributed by atoms with Crippen molar-refractivity contribution in [3.05, 3.63) is 64.7 Å². The van der Waals surface area contributed by atoms with Crippen molar-refractivity contribution in [1.29, 1.82) is 0 Å². The van der Waals surface area contributed by atoms with E-state index in [1.54, 1.807) is 6.07 Å². The number of benzene rings is 2. The zero-order valence-electron chi connectivity index (χ0n) is 23.6. The van der Waals surface area contributed by atoms with Gasteiger partial charge in [0.2, 0.25) is 0 Å². The van der Waals surface area contributed by atoms with Gasteiger partial charge in [-0.15, -0.1) is 0 Å². The van der Waals surface area contributed by atoms with Crippen LogP contribution in [-0.4, -0.2) is 52.3 Å². The minimum atomic E-state index is -0.324. The van der Waals surface area contributed by atoms with Gasteiger partial charge in [0.1, 0.15) is 5.75 Å². The Hall–Kier alpha value is -2.90. The van der Waals surface area contributed by atoms with Crippen molar-refractivity contribution in [3.63, 3.8) is 0 Å². The van der Waals surface area contributed by atoms with E-state index in [1.807, 2.05) is 30.3 Å². The molecule has 1 saturated heterocycles. The number of carbonyl (C=O) groups is 2. The molecule has 0 radical (unpaired) electrons. The molecule has 0 bridgehead atoms. The highest BCUT2D eigenvalue weighted by atomic mass is 16.7. The fourth-order valence-corrected chi connectivity index (χ4v) is 4.91. The summed E-state index contributed by atoms with van der Waals surface area (Å²) in [6, 6.07) is 13.6. The van der Waals surface area contributed by atoms with Crippen LogP contribution in [0.5, 0.6) is 5.75 Å². The number of methoxy groups -OCH3 is 2. The van der Waals surface area contributed by atoms with Gasteiger partial charge < -0.3 is 23.7 Å². The summed E-state index contributed by atoms with van der Waals surface area (Å²) >= 11 is 0. The molecule has 1 atom stereocenters. The Morgan fingerprint density at radius 2 is 1.62 bits per heavy atom. The third-order valence-electron chi connectivity index (χ3n) is 7.09. The second kappa shape index (κ2) is 17.6. The van der Waals surface area contributed by atoms with Crippen molar-refractivity contribution in [1.82, 2.24) is 0 Å². The molecule has 1 aliphatic rings. The summed E-state index contributed by atoms with van der Waals surface area (Å²) in [5.41, 5.74) is 3.84. The number of unbranched alkanes of at least 4 members (excludes halogenated alkanes) is 3. The minimum Gasteiger partial charge on any atom is -0.493 e. The largest absolute Gasteiger partial charge is 0.493 e. The van der Waals surface area contributed by atoms with Crippen molar-refractivity contribution in [2.75, 3.05) is 34.0 Å². The van der Waals surface area contributed by atoms with Crippen LogP contribution in [0, 0.1) is 0 Å². The topological polar surface area (TPSA) is 80.3 Å². The van der Waals surface area contributed by atoms with Gasteiger partial charge in [0.25, 0.3) is 0 Å².